The fourth-order valence-electron chi connectivity index (χ4n) is 2.24. The summed E-state index contributed by atoms with van der Waals surface area (Å²) in [5.41, 5.74) is 0. The van der Waals surface area contributed by atoms with E-state index in [0.29, 0.717) is 0 Å². The Morgan fingerprint density at radius 3 is 2.82 bits per heavy atom. The van der Waals surface area contributed by atoms with Gasteiger partial charge in [-0.1, -0.05) is 12.1 Å². The molecule has 0 spiro atoms. The monoisotopic (exact) mass is 251 g/mol. The fourth-order valence-corrected chi connectivity index (χ4v) is 3.38. The fraction of sp³-hybridized carbons (Fsp3) is 0.571. The van der Waals surface area contributed by atoms with Crippen molar-refractivity contribution in [2.75, 3.05) is 26.0 Å². The Hall–Kier alpha value is -0.670. The topological polar surface area (TPSA) is 21.3 Å². The quantitative estimate of drug-likeness (QED) is 0.812. The summed E-state index contributed by atoms with van der Waals surface area (Å²) in [6.45, 7) is 2.40. The number of hydrogen-bond acceptors (Lipinski definition) is 3. The molecule has 1 aliphatic heterocycles. The van der Waals surface area contributed by atoms with Crippen molar-refractivity contribution in [3.63, 3.8) is 0 Å². The largest absolute Gasteiger partial charge is 0.496 e. The maximum absolute atomic E-state index is 5.36. The number of ether oxygens (including phenoxy) is 1. The summed E-state index contributed by atoms with van der Waals surface area (Å²) in [4.78, 5) is 1.27. The first-order valence-electron chi connectivity index (χ1n) is 6.36. The summed E-state index contributed by atoms with van der Waals surface area (Å²) >= 11 is 1.92. The third-order valence-corrected chi connectivity index (χ3v) is 4.40. The Morgan fingerprint density at radius 2 is 2.06 bits per heavy atom. The van der Waals surface area contributed by atoms with Crippen molar-refractivity contribution in [3.05, 3.63) is 24.3 Å². The third-order valence-electron chi connectivity index (χ3n) is 3.31. The molecule has 2 nitrogen and oxygen atoms in total. The molecule has 0 bridgehead atoms. The summed E-state index contributed by atoms with van der Waals surface area (Å²) in [6.07, 6.45) is 4.00. The molecule has 3 heteroatoms. The molecule has 0 aliphatic carbocycles. The van der Waals surface area contributed by atoms with E-state index in [4.69, 9.17) is 4.74 Å². The normalized spacial score (nSPS) is 17.0. The van der Waals surface area contributed by atoms with Crippen LogP contribution < -0.4 is 10.1 Å². The highest BCUT2D eigenvalue weighted by Gasteiger charge is 2.12. The van der Waals surface area contributed by atoms with E-state index in [-0.39, 0.29) is 0 Å². The molecule has 1 aliphatic rings. The van der Waals surface area contributed by atoms with E-state index < -0.39 is 0 Å². The summed E-state index contributed by atoms with van der Waals surface area (Å²) in [6, 6.07) is 8.28. The molecule has 1 heterocycles. The van der Waals surface area contributed by atoms with Crippen molar-refractivity contribution in [1.29, 1.82) is 0 Å². The molecule has 0 unspecified atom stereocenters. The van der Waals surface area contributed by atoms with Crippen LogP contribution in [0.25, 0.3) is 0 Å². The molecule has 0 aromatic heterocycles. The predicted octanol–water partition coefficient (Wildman–Crippen LogP) is 3.18. The van der Waals surface area contributed by atoms with Gasteiger partial charge >= 0.3 is 0 Å². The van der Waals surface area contributed by atoms with E-state index in [0.717, 1.165) is 11.7 Å². The summed E-state index contributed by atoms with van der Waals surface area (Å²) in [7, 11) is 1.74. The SMILES string of the molecule is COc1ccccc1SCCC1CCNCC1. The highest BCUT2D eigenvalue weighted by atomic mass is 32.2. The van der Waals surface area contributed by atoms with Crippen LogP contribution in [0.5, 0.6) is 5.75 Å². The van der Waals surface area contributed by atoms with Crippen LogP contribution >= 0.6 is 11.8 Å². The number of para-hydroxylation sites is 1. The Bertz CT molecular complexity index is 337. The predicted molar refractivity (Wildman–Crippen MR) is 73.9 cm³/mol. The number of methoxy groups -OCH3 is 1. The second-order valence-corrected chi connectivity index (χ2v) is 5.62. The second kappa shape index (κ2) is 6.92. The molecule has 2 rings (SSSR count). The molecule has 1 fully saturated rings. The van der Waals surface area contributed by atoms with Gasteiger partial charge in [-0.15, -0.1) is 11.8 Å². The van der Waals surface area contributed by atoms with Gasteiger partial charge < -0.3 is 10.1 Å². The molecular formula is C14H21NOS. The Balaban J connectivity index is 1.77. The molecule has 0 saturated carbocycles. The molecule has 1 aromatic carbocycles. The molecule has 0 radical (unpaired) electrons. The number of thioether (sulfide) groups is 1. The van der Waals surface area contributed by atoms with Gasteiger partial charge in [0.1, 0.15) is 5.75 Å². The second-order valence-electron chi connectivity index (χ2n) is 4.48. The van der Waals surface area contributed by atoms with Gasteiger partial charge in [-0.3, -0.25) is 0 Å². The van der Waals surface area contributed by atoms with Crippen LogP contribution in [0.1, 0.15) is 19.3 Å². The summed E-state index contributed by atoms with van der Waals surface area (Å²) in [5.74, 6) is 3.12. The summed E-state index contributed by atoms with van der Waals surface area (Å²) < 4.78 is 5.36. The zero-order valence-electron chi connectivity index (χ0n) is 10.4. The van der Waals surface area contributed by atoms with Crippen molar-refractivity contribution in [2.45, 2.75) is 24.2 Å². The highest BCUT2D eigenvalue weighted by Crippen LogP contribution is 2.30. The van der Waals surface area contributed by atoms with E-state index in [1.165, 1.54) is 43.0 Å². The lowest BCUT2D eigenvalue weighted by Crippen LogP contribution is -2.27. The number of piperidine rings is 1. The Kier molecular flexibility index (Phi) is 5.20. The molecule has 94 valence electrons. The number of rotatable bonds is 5. The standard InChI is InChI=1S/C14H21NOS/c1-16-13-4-2-3-5-14(13)17-11-8-12-6-9-15-10-7-12/h2-5,12,15H,6-11H2,1H3. The first-order chi connectivity index (χ1) is 8.40. The van der Waals surface area contributed by atoms with Crippen LogP contribution in [0.4, 0.5) is 0 Å². The van der Waals surface area contributed by atoms with E-state index in [9.17, 15) is 0 Å². The molecular weight excluding hydrogens is 230 g/mol. The number of hydrogen-bond donors (Lipinski definition) is 1. The van der Waals surface area contributed by atoms with Gasteiger partial charge in [0.15, 0.2) is 0 Å². The van der Waals surface area contributed by atoms with Crippen molar-refractivity contribution in [2.24, 2.45) is 5.92 Å². The van der Waals surface area contributed by atoms with Crippen LogP contribution in [0.3, 0.4) is 0 Å². The van der Waals surface area contributed by atoms with Gasteiger partial charge in [0.25, 0.3) is 0 Å². The van der Waals surface area contributed by atoms with Crippen molar-refractivity contribution >= 4 is 11.8 Å². The maximum Gasteiger partial charge on any atom is 0.132 e. The Morgan fingerprint density at radius 1 is 1.29 bits per heavy atom. The van der Waals surface area contributed by atoms with Crippen molar-refractivity contribution < 1.29 is 4.74 Å². The molecule has 1 N–H and O–H groups in total. The zero-order chi connectivity index (χ0) is 11.9. The van der Waals surface area contributed by atoms with Crippen molar-refractivity contribution in [1.82, 2.24) is 5.32 Å². The zero-order valence-corrected chi connectivity index (χ0v) is 11.3. The number of benzene rings is 1. The van der Waals surface area contributed by atoms with Crippen LogP contribution in [0.2, 0.25) is 0 Å². The van der Waals surface area contributed by atoms with E-state index in [1.54, 1.807) is 7.11 Å². The maximum atomic E-state index is 5.36. The first kappa shape index (κ1) is 12.8. The third kappa shape index (κ3) is 3.93. The average molecular weight is 251 g/mol. The van der Waals surface area contributed by atoms with Crippen LogP contribution in [-0.4, -0.2) is 26.0 Å². The lowest BCUT2D eigenvalue weighted by molar-refractivity contribution is 0.367. The minimum Gasteiger partial charge on any atom is -0.496 e. The van der Waals surface area contributed by atoms with Gasteiger partial charge in [0.05, 0.1) is 7.11 Å². The van der Waals surface area contributed by atoms with Crippen LogP contribution in [0.15, 0.2) is 29.2 Å². The number of nitrogens with one attached hydrogen (secondary N) is 1. The van der Waals surface area contributed by atoms with Gasteiger partial charge in [-0.05, 0) is 56.2 Å². The molecule has 0 atom stereocenters. The van der Waals surface area contributed by atoms with Gasteiger partial charge in [0, 0.05) is 4.90 Å². The smallest absolute Gasteiger partial charge is 0.132 e. The minimum absolute atomic E-state index is 0.915. The highest BCUT2D eigenvalue weighted by molar-refractivity contribution is 7.99. The minimum atomic E-state index is 0.915. The Labute approximate surface area is 108 Å². The molecule has 17 heavy (non-hydrogen) atoms. The molecule has 0 amide bonds. The van der Waals surface area contributed by atoms with E-state index >= 15 is 0 Å². The lowest BCUT2D eigenvalue weighted by Gasteiger charge is -2.22. The molecule has 1 saturated heterocycles. The summed E-state index contributed by atoms with van der Waals surface area (Å²) in [5, 5.41) is 3.41. The van der Waals surface area contributed by atoms with Gasteiger partial charge in [-0.2, -0.15) is 0 Å². The van der Waals surface area contributed by atoms with Gasteiger partial charge in [-0.25, -0.2) is 0 Å². The first-order valence-corrected chi connectivity index (χ1v) is 7.35. The lowest BCUT2D eigenvalue weighted by atomic mass is 9.96. The van der Waals surface area contributed by atoms with Crippen molar-refractivity contribution in [3.8, 4) is 5.75 Å². The van der Waals surface area contributed by atoms with Crippen LogP contribution in [0, 0.1) is 5.92 Å². The van der Waals surface area contributed by atoms with E-state index in [1.807, 2.05) is 23.9 Å². The van der Waals surface area contributed by atoms with E-state index in [2.05, 4.69) is 17.4 Å². The molecule has 1 aromatic rings. The van der Waals surface area contributed by atoms with Gasteiger partial charge in [0.2, 0.25) is 0 Å². The average Bonchev–Trinajstić information content (AvgIpc) is 2.40. The van der Waals surface area contributed by atoms with Crippen LogP contribution in [-0.2, 0) is 0 Å².